The molecule has 0 N–H and O–H groups in total. The number of hydrogen-bond donors (Lipinski definition) is 0. The van der Waals surface area contributed by atoms with Gasteiger partial charge < -0.3 is 0 Å². The van der Waals surface area contributed by atoms with Gasteiger partial charge in [0, 0.05) is 0 Å². The van der Waals surface area contributed by atoms with Crippen molar-refractivity contribution in [2.24, 2.45) is 0 Å². The molecule has 0 aliphatic heterocycles. The van der Waals surface area contributed by atoms with Crippen LogP contribution in [0.4, 0.5) is 0 Å². The first kappa shape index (κ1) is 45.3. The van der Waals surface area contributed by atoms with Crippen LogP contribution in [-0.4, -0.2) is 63.7 Å². The molecule has 0 rings (SSSR count). The van der Waals surface area contributed by atoms with Crippen molar-refractivity contribution in [3.05, 3.63) is 0 Å². The third-order valence-electron chi connectivity index (χ3n) is 9.91. The predicted molar refractivity (Wildman–Crippen MR) is 204 cm³/mol. The summed E-state index contributed by atoms with van der Waals surface area (Å²) >= 11 is -8.89. The summed E-state index contributed by atoms with van der Waals surface area (Å²) < 4.78 is 35.8. The van der Waals surface area contributed by atoms with Crippen molar-refractivity contribution in [2.45, 2.75) is 218 Å². The molecule has 0 aromatic carbocycles. The third-order valence-corrected chi connectivity index (χ3v) is 48.3. The zero-order valence-electron chi connectivity index (χ0n) is 31.4. The fraction of sp³-hybridized carbons (Fsp3) is 1.00. The standard InChI is InChI=1S/9C4H9.BO3.3Sn/c9*1-3-4-2;2-1(3)4;;;/h9*1,3-4H2,2H3;;;;/q;;;;;;;;;-3;3*+1. The molecule has 0 spiro atoms. The molecule has 0 bridgehead atoms. The van der Waals surface area contributed by atoms with Crippen LogP contribution in [0, 0.1) is 0 Å². The Balaban J connectivity index is 6.97. The van der Waals surface area contributed by atoms with Crippen LogP contribution in [0.2, 0.25) is 39.9 Å². The van der Waals surface area contributed by atoms with E-state index in [4.69, 9.17) is 8.97 Å². The molecule has 0 unspecified atom stereocenters. The first-order valence-electron chi connectivity index (χ1n) is 19.9. The predicted octanol–water partition coefficient (Wildman–Crippen LogP) is 14.1. The van der Waals surface area contributed by atoms with Gasteiger partial charge in [-0.15, -0.1) is 0 Å². The zero-order valence-corrected chi connectivity index (χ0v) is 40.0. The molecule has 0 saturated heterocycles. The molecule has 0 aromatic heterocycles. The van der Waals surface area contributed by atoms with E-state index in [0.717, 1.165) is 0 Å². The number of unbranched alkanes of at least 4 members (excludes halogenated alkanes) is 9. The van der Waals surface area contributed by atoms with Gasteiger partial charge >= 0.3 is 290 Å². The second-order valence-corrected chi connectivity index (χ2v) is 49.2. The van der Waals surface area contributed by atoms with Crippen molar-refractivity contribution in [3.8, 4) is 0 Å². The van der Waals surface area contributed by atoms with E-state index < -0.39 is 56.4 Å². The average molecular weight is 929 g/mol. The third kappa shape index (κ3) is 20.5. The molecule has 0 radical (unpaired) electrons. The maximum absolute atomic E-state index is 7.81. The molecule has 258 valence electrons. The summed E-state index contributed by atoms with van der Waals surface area (Å²) in [6.45, 7) is 21.4. The quantitative estimate of drug-likeness (QED) is 0.0614. The second-order valence-electron chi connectivity index (χ2n) is 14.1. The van der Waals surface area contributed by atoms with E-state index in [1.54, 1.807) is 0 Å². The van der Waals surface area contributed by atoms with E-state index >= 15 is 0 Å². The van der Waals surface area contributed by atoms with Gasteiger partial charge in [0.05, 0.1) is 0 Å². The Morgan fingerprint density at radius 2 is 0.419 bits per heavy atom. The second kappa shape index (κ2) is 29.3. The minimum atomic E-state index is -2.96. The summed E-state index contributed by atoms with van der Waals surface area (Å²) in [5, 5.41) is 0. The van der Waals surface area contributed by atoms with Crippen LogP contribution in [0.25, 0.3) is 0 Å². The molecular weight excluding hydrogens is 847 g/mol. The number of rotatable bonds is 33. The molecule has 0 fully saturated rings. The van der Waals surface area contributed by atoms with Crippen molar-refractivity contribution in [1.29, 1.82) is 0 Å². The van der Waals surface area contributed by atoms with Crippen LogP contribution in [0.15, 0.2) is 0 Å². The van der Waals surface area contributed by atoms with Crippen LogP contribution < -0.4 is 0 Å². The van der Waals surface area contributed by atoms with Gasteiger partial charge in [0.2, 0.25) is 0 Å². The molecule has 0 aliphatic carbocycles. The maximum atomic E-state index is 7.81. The Hall–Kier alpha value is 2.34. The van der Waals surface area contributed by atoms with E-state index in [9.17, 15) is 0 Å². The van der Waals surface area contributed by atoms with E-state index in [0.29, 0.717) is 0 Å². The summed E-state index contributed by atoms with van der Waals surface area (Å²) in [5.74, 6) is 0. The molecule has 43 heavy (non-hydrogen) atoms. The molecule has 0 heterocycles. The monoisotopic (exact) mass is 932 g/mol. The van der Waals surface area contributed by atoms with Gasteiger partial charge in [-0.1, -0.05) is 0 Å². The zero-order chi connectivity index (χ0) is 32.3. The molecule has 3 nitrogen and oxygen atoms in total. The van der Waals surface area contributed by atoms with Gasteiger partial charge in [0.25, 0.3) is 0 Å². The summed E-state index contributed by atoms with van der Waals surface area (Å²) in [4.78, 5) is 0. The van der Waals surface area contributed by atoms with Crippen molar-refractivity contribution in [3.63, 3.8) is 0 Å². The molecule has 0 aliphatic rings. The van der Waals surface area contributed by atoms with Crippen LogP contribution in [0.3, 0.4) is 0 Å². The Kier molecular flexibility index (Phi) is 30.9. The fourth-order valence-electron chi connectivity index (χ4n) is 6.83. The van der Waals surface area contributed by atoms with Crippen molar-refractivity contribution in [1.82, 2.24) is 0 Å². The average Bonchev–Trinajstić information content (AvgIpc) is 3.02. The van der Waals surface area contributed by atoms with E-state index in [2.05, 4.69) is 62.3 Å². The first-order valence-corrected chi connectivity index (χ1v) is 41.5. The van der Waals surface area contributed by atoms with E-state index in [1.165, 1.54) is 156 Å². The van der Waals surface area contributed by atoms with Crippen LogP contribution in [-0.2, 0) is 8.97 Å². The first-order chi connectivity index (χ1) is 20.8. The van der Waals surface area contributed by atoms with Gasteiger partial charge in [-0.05, 0) is 0 Å². The number of hydrogen-bond acceptors (Lipinski definition) is 3. The van der Waals surface area contributed by atoms with Crippen molar-refractivity contribution >= 4 is 63.7 Å². The molecule has 0 atom stereocenters. The summed E-state index contributed by atoms with van der Waals surface area (Å²) in [5.41, 5.74) is 0. The van der Waals surface area contributed by atoms with Crippen molar-refractivity contribution in [2.75, 3.05) is 0 Å². The van der Waals surface area contributed by atoms with Gasteiger partial charge in [0.15, 0.2) is 0 Å². The van der Waals surface area contributed by atoms with Crippen LogP contribution in [0.5, 0.6) is 0 Å². The molecule has 0 aromatic rings. The van der Waals surface area contributed by atoms with E-state index in [1.807, 2.05) is 0 Å². The molecule has 0 saturated carbocycles. The molecule has 0 amide bonds. The summed E-state index contributed by atoms with van der Waals surface area (Å²) in [6.07, 6.45) is 23.6. The summed E-state index contributed by atoms with van der Waals surface area (Å²) in [6, 6.07) is 0. The Labute approximate surface area is 287 Å². The summed E-state index contributed by atoms with van der Waals surface area (Å²) in [7, 11) is -0.302. The van der Waals surface area contributed by atoms with Crippen LogP contribution in [0.1, 0.15) is 178 Å². The van der Waals surface area contributed by atoms with Gasteiger partial charge in [-0.2, -0.15) is 0 Å². The molecular formula is C36H81BO3Sn3. The normalized spacial score (nSPS) is 12.8. The Morgan fingerprint density at radius 1 is 0.279 bits per heavy atom. The SMILES string of the molecule is CCC[CH2][Sn]([CH2]CCC)([CH2]CCC)[O]B([O][Sn]([CH2]CCC)([CH2]CCC)[CH2]CCC)[O][Sn]([CH2]CCC)([CH2]CCC)[CH2]CCC. The van der Waals surface area contributed by atoms with Gasteiger partial charge in [0.1, 0.15) is 0 Å². The van der Waals surface area contributed by atoms with Crippen LogP contribution >= 0.6 is 0 Å². The fourth-order valence-corrected chi connectivity index (χ4v) is 48.6. The van der Waals surface area contributed by atoms with E-state index in [-0.39, 0.29) is 7.32 Å². The van der Waals surface area contributed by atoms with Gasteiger partial charge in [-0.3, -0.25) is 0 Å². The Bertz CT molecular complexity index is 464. The topological polar surface area (TPSA) is 27.7 Å². The molecule has 7 heteroatoms. The van der Waals surface area contributed by atoms with Crippen molar-refractivity contribution < 1.29 is 8.97 Å². The minimum absolute atomic E-state index is 0.302. The van der Waals surface area contributed by atoms with Gasteiger partial charge in [-0.25, -0.2) is 0 Å². The Morgan fingerprint density at radius 3 is 0.535 bits per heavy atom.